The van der Waals surface area contributed by atoms with Crippen LogP contribution in [0.15, 0.2) is 91.0 Å². The van der Waals surface area contributed by atoms with E-state index in [1.54, 1.807) is 0 Å². The molecule has 4 nitrogen and oxygen atoms in total. The molecule has 1 saturated carbocycles. The summed E-state index contributed by atoms with van der Waals surface area (Å²) in [6.07, 6.45) is 6.09. The minimum atomic E-state index is -0.931. The van der Waals surface area contributed by atoms with Gasteiger partial charge in [0.15, 0.2) is 0 Å². The molecule has 0 unspecified atom stereocenters. The van der Waals surface area contributed by atoms with Crippen LogP contribution in [0.4, 0.5) is 0 Å². The molecule has 0 heterocycles. The number of hydrogen-bond donors (Lipinski definition) is 1. The Labute approximate surface area is 197 Å². The number of carbonyl (C=O) groups excluding carboxylic acids is 2. The highest BCUT2D eigenvalue weighted by atomic mass is 31.1. The SMILES string of the molecule is COC(=O)[C@@H](Cc1ccccc1)NC(=O)[C]1[CH][CH][CH][C]1P(c1ccccc1)c1ccccc1. The molecule has 5 heteroatoms. The maximum atomic E-state index is 13.4. The maximum Gasteiger partial charge on any atom is 0.328 e. The summed E-state index contributed by atoms with van der Waals surface area (Å²) in [5, 5.41) is 5.23. The minimum Gasteiger partial charge on any atom is -0.467 e. The molecule has 1 amide bonds. The fourth-order valence-electron chi connectivity index (χ4n) is 3.80. The zero-order chi connectivity index (χ0) is 23.0. The van der Waals surface area contributed by atoms with Gasteiger partial charge >= 0.3 is 5.97 Å². The van der Waals surface area contributed by atoms with E-state index in [-0.39, 0.29) is 5.91 Å². The van der Waals surface area contributed by atoms with Crippen molar-refractivity contribution in [2.24, 2.45) is 0 Å². The molecule has 0 saturated heterocycles. The molecule has 5 radical (unpaired) electrons. The summed E-state index contributed by atoms with van der Waals surface area (Å²) < 4.78 is 4.97. The zero-order valence-corrected chi connectivity index (χ0v) is 19.2. The topological polar surface area (TPSA) is 55.4 Å². The van der Waals surface area contributed by atoms with E-state index in [0.717, 1.165) is 21.8 Å². The number of ether oxygens (including phenoxy) is 1. The molecule has 3 aromatic rings. The third kappa shape index (κ3) is 5.69. The molecule has 3 aromatic carbocycles. The van der Waals surface area contributed by atoms with Crippen LogP contribution in [0.5, 0.6) is 0 Å². The molecule has 1 N–H and O–H groups in total. The monoisotopic (exact) mass is 454 g/mol. The van der Waals surface area contributed by atoms with Gasteiger partial charge in [0.25, 0.3) is 0 Å². The Morgan fingerprint density at radius 1 is 0.818 bits per heavy atom. The molecule has 0 bridgehead atoms. The van der Waals surface area contributed by atoms with Gasteiger partial charge in [0, 0.05) is 12.1 Å². The van der Waals surface area contributed by atoms with Crippen molar-refractivity contribution < 1.29 is 14.3 Å². The Hall–Kier alpha value is -2.97. The van der Waals surface area contributed by atoms with Crippen LogP contribution in [0, 0.1) is 30.8 Å². The first-order valence-corrected chi connectivity index (χ1v) is 12.1. The maximum absolute atomic E-state index is 13.4. The van der Waals surface area contributed by atoms with Crippen molar-refractivity contribution in [1.29, 1.82) is 0 Å². The fourth-order valence-corrected chi connectivity index (χ4v) is 6.25. The number of rotatable bonds is 8. The summed E-state index contributed by atoms with van der Waals surface area (Å²) >= 11 is 0. The third-order valence-electron chi connectivity index (χ3n) is 5.38. The van der Waals surface area contributed by atoms with E-state index in [4.69, 9.17) is 4.74 Å². The number of amides is 1. The van der Waals surface area contributed by atoms with Crippen molar-refractivity contribution in [3.63, 3.8) is 0 Å². The number of methoxy groups -OCH3 is 1. The molecule has 1 atom stereocenters. The standard InChI is InChI=1S/C28H25NO3P/c1-32-28(31)25(20-21-12-5-2-6-13-21)29-27(30)24-18-11-19-26(24)33(22-14-7-3-8-15-22)23-16-9-4-10-17-23/h2-19,25H,20H2,1H3,(H,29,30)/t25-/m1/s1. The van der Waals surface area contributed by atoms with Gasteiger partial charge in [-0.2, -0.15) is 0 Å². The first kappa shape index (κ1) is 23.2. The second-order valence-electron chi connectivity index (χ2n) is 7.57. The highest BCUT2D eigenvalue weighted by Crippen LogP contribution is 2.55. The van der Waals surface area contributed by atoms with E-state index in [0.29, 0.717) is 12.3 Å². The summed E-state index contributed by atoms with van der Waals surface area (Å²) in [5.74, 6) is -0.162. The first-order chi connectivity index (χ1) is 16.2. The largest absolute Gasteiger partial charge is 0.467 e. The lowest BCUT2D eigenvalue weighted by molar-refractivity contribution is -0.144. The van der Waals surface area contributed by atoms with Gasteiger partial charge in [-0.1, -0.05) is 91.0 Å². The van der Waals surface area contributed by atoms with Crippen LogP contribution in [0.3, 0.4) is 0 Å². The van der Waals surface area contributed by atoms with Gasteiger partial charge in [0.1, 0.15) is 6.04 Å². The highest BCUT2D eigenvalue weighted by molar-refractivity contribution is 7.76. The Bertz CT molecular complexity index is 1000. The molecule has 33 heavy (non-hydrogen) atoms. The average molecular weight is 454 g/mol. The quantitative estimate of drug-likeness (QED) is 0.417. The van der Waals surface area contributed by atoms with E-state index in [1.165, 1.54) is 7.11 Å². The third-order valence-corrected chi connectivity index (χ3v) is 7.88. The molecule has 1 aliphatic carbocycles. The van der Waals surface area contributed by atoms with Crippen molar-refractivity contribution in [3.05, 3.63) is 127 Å². The van der Waals surface area contributed by atoms with Crippen LogP contribution in [-0.4, -0.2) is 25.0 Å². The van der Waals surface area contributed by atoms with Crippen molar-refractivity contribution >= 4 is 30.4 Å². The fraction of sp³-hybridized carbons (Fsp3) is 0.107. The van der Waals surface area contributed by atoms with Crippen LogP contribution >= 0.6 is 7.92 Å². The van der Waals surface area contributed by atoms with Gasteiger partial charge in [-0.3, -0.25) is 4.79 Å². The van der Waals surface area contributed by atoms with Crippen LogP contribution in [0.25, 0.3) is 0 Å². The normalized spacial score (nSPS) is 15.3. The lowest BCUT2D eigenvalue weighted by Gasteiger charge is -2.29. The van der Waals surface area contributed by atoms with E-state index in [9.17, 15) is 9.59 Å². The van der Waals surface area contributed by atoms with E-state index < -0.39 is 19.9 Å². The predicted octanol–water partition coefficient (Wildman–Crippen LogP) is 3.75. The number of hydrogen-bond acceptors (Lipinski definition) is 3. The predicted molar refractivity (Wildman–Crippen MR) is 133 cm³/mol. The molecular formula is C28H25NO3P. The molecule has 0 spiro atoms. The lowest BCUT2D eigenvalue weighted by atomic mass is 10.0. The second kappa shape index (κ2) is 11.2. The molecular weight excluding hydrogens is 429 g/mol. The molecule has 4 rings (SSSR count). The summed E-state index contributed by atoms with van der Waals surface area (Å²) in [4.78, 5) is 25.9. The van der Waals surface area contributed by atoms with Crippen LogP contribution in [0.2, 0.25) is 0 Å². The second-order valence-corrected chi connectivity index (χ2v) is 9.76. The van der Waals surface area contributed by atoms with Crippen LogP contribution < -0.4 is 15.9 Å². The average Bonchev–Trinajstić information content (AvgIpc) is 3.35. The van der Waals surface area contributed by atoms with Gasteiger partial charge < -0.3 is 10.1 Å². The van der Waals surface area contributed by atoms with Crippen LogP contribution in [0.1, 0.15) is 5.56 Å². The summed E-state index contributed by atoms with van der Waals surface area (Å²) in [6.45, 7) is 0. The summed E-state index contributed by atoms with van der Waals surface area (Å²) in [7, 11) is 0.407. The van der Waals surface area contributed by atoms with Gasteiger partial charge in [0.05, 0.1) is 13.0 Å². The summed E-state index contributed by atoms with van der Waals surface area (Å²) in [5.41, 5.74) is 1.91. The Balaban J connectivity index is 1.57. The van der Waals surface area contributed by atoms with E-state index in [1.807, 2.05) is 86.0 Å². The molecule has 1 fully saturated rings. The van der Waals surface area contributed by atoms with Crippen molar-refractivity contribution in [3.8, 4) is 0 Å². The van der Waals surface area contributed by atoms with Crippen molar-refractivity contribution in [2.75, 3.05) is 7.11 Å². The zero-order valence-electron chi connectivity index (χ0n) is 18.3. The van der Waals surface area contributed by atoms with Gasteiger partial charge in [-0.25, -0.2) is 4.79 Å². The number of nitrogens with one attached hydrogen (secondary N) is 1. The highest BCUT2D eigenvalue weighted by Gasteiger charge is 2.42. The minimum absolute atomic E-state index is 0.277. The van der Waals surface area contributed by atoms with Crippen LogP contribution in [-0.2, 0) is 20.7 Å². The Kier molecular flexibility index (Phi) is 7.91. The molecule has 165 valence electrons. The number of carbonyl (C=O) groups is 2. The van der Waals surface area contributed by atoms with Crippen molar-refractivity contribution in [2.45, 2.75) is 12.5 Å². The van der Waals surface area contributed by atoms with Gasteiger partial charge in [0.2, 0.25) is 5.91 Å². The number of esters is 1. The Morgan fingerprint density at radius 2 is 1.36 bits per heavy atom. The van der Waals surface area contributed by atoms with E-state index in [2.05, 4.69) is 29.6 Å². The smallest absolute Gasteiger partial charge is 0.328 e. The van der Waals surface area contributed by atoms with Gasteiger partial charge in [-0.05, 0) is 43.4 Å². The van der Waals surface area contributed by atoms with E-state index >= 15 is 0 Å². The molecule has 0 aromatic heterocycles. The summed E-state index contributed by atoms with van der Waals surface area (Å²) in [6, 6.07) is 29.3. The molecule has 0 aliphatic heterocycles. The number of benzene rings is 3. The molecule has 1 aliphatic rings. The van der Waals surface area contributed by atoms with Gasteiger partial charge in [-0.15, -0.1) is 0 Å². The lowest BCUT2D eigenvalue weighted by Crippen LogP contribution is -2.45. The first-order valence-electron chi connectivity index (χ1n) is 10.8. The van der Waals surface area contributed by atoms with Crippen molar-refractivity contribution in [1.82, 2.24) is 5.32 Å². The Morgan fingerprint density at radius 3 is 1.91 bits per heavy atom.